The standard InChI is InChI=1S/C25H32N4O2S/c1-27(2)23-11-8-21(9-12-23)25(29-16-14-28(3)15-17-29)19-26-32(30,31)24-13-10-20-6-4-5-7-22(20)18-24/h4-13,18,25-26H,14-17,19H2,1-3H3/t25-/m1/s1. The van der Waals surface area contributed by atoms with Crippen LogP contribution in [0.15, 0.2) is 71.6 Å². The van der Waals surface area contributed by atoms with Crippen molar-refractivity contribution in [3.8, 4) is 0 Å². The summed E-state index contributed by atoms with van der Waals surface area (Å²) in [6.07, 6.45) is 0. The second kappa shape index (κ2) is 9.58. The van der Waals surface area contributed by atoms with Crippen LogP contribution in [0, 0.1) is 0 Å². The molecule has 3 aromatic rings. The Bertz CT molecular complexity index is 1150. The lowest BCUT2D eigenvalue weighted by atomic mass is 10.0. The summed E-state index contributed by atoms with van der Waals surface area (Å²) >= 11 is 0. The van der Waals surface area contributed by atoms with Crippen LogP contribution >= 0.6 is 0 Å². The van der Waals surface area contributed by atoms with Gasteiger partial charge in [0.15, 0.2) is 0 Å². The number of piperazine rings is 1. The molecule has 0 saturated carbocycles. The molecule has 170 valence electrons. The number of nitrogens with zero attached hydrogens (tertiary/aromatic N) is 3. The Morgan fingerprint density at radius 1 is 0.906 bits per heavy atom. The van der Waals surface area contributed by atoms with E-state index in [9.17, 15) is 8.42 Å². The molecule has 0 amide bonds. The van der Waals surface area contributed by atoms with E-state index in [0.717, 1.165) is 48.2 Å². The first kappa shape index (κ1) is 22.7. The van der Waals surface area contributed by atoms with E-state index in [1.807, 2.05) is 44.4 Å². The van der Waals surface area contributed by atoms with E-state index in [1.54, 1.807) is 12.1 Å². The Balaban J connectivity index is 1.56. The summed E-state index contributed by atoms with van der Waals surface area (Å²) in [6.45, 7) is 4.11. The molecular formula is C25H32N4O2S. The SMILES string of the molecule is CN1CCN([C@H](CNS(=O)(=O)c2ccc3ccccc3c2)c2ccc(N(C)C)cc2)CC1. The number of benzene rings is 3. The van der Waals surface area contributed by atoms with Crippen molar-refractivity contribution in [3.63, 3.8) is 0 Å². The predicted octanol–water partition coefficient (Wildman–Crippen LogP) is 3.17. The first-order valence-corrected chi connectivity index (χ1v) is 12.5. The van der Waals surface area contributed by atoms with Gasteiger partial charge in [-0.15, -0.1) is 0 Å². The number of anilines is 1. The fourth-order valence-electron chi connectivity index (χ4n) is 4.19. The maximum atomic E-state index is 13.1. The van der Waals surface area contributed by atoms with Crippen molar-refractivity contribution in [3.05, 3.63) is 72.3 Å². The summed E-state index contributed by atoms with van der Waals surface area (Å²) in [4.78, 5) is 7.06. The van der Waals surface area contributed by atoms with Gasteiger partial charge in [0.1, 0.15) is 0 Å². The number of sulfonamides is 1. The minimum Gasteiger partial charge on any atom is -0.378 e. The molecule has 1 saturated heterocycles. The quantitative estimate of drug-likeness (QED) is 0.597. The highest BCUT2D eigenvalue weighted by molar-refractivity contribution is 7.89. The van der Waals surface area contributed by atoms with Crippen molar-refractivity contribution in [2.24, 2.45) is 0 Å². The Morgan fingerprint density at radius 3 is 2.22 bits per heavy atom. The van der Waals surface area contributed by atoms with Crippen LogP contribution in [0.25, 0.3) is 10.8 Å². The van der Waals surface area contributed by atoms with Gasteiger partial charge in [0, 0.05) is 58.5 Å². The minimum atomic E-state index is -3.62. The number of hydrogen-bond donors (Lipinski definition) is 1. The van der Waals surface area contributed by atoms with Gasteiger partial charge >= 0.3 is 0 Å². The van der Waals surface area contributed by atoms with E-state index in [4.69, 9.17) is 0 Å². The lowest BCUT2D eigenvalue weighted by molar-refractivity contribution is 0.113. The zero-order valence-electron chi connectivity index (χ0n) is 19.0. The molecule has 0 spiro atoms. The number of hydrogen-bond acceptors (Lipinski definition) is 5. The molecule has 0 unspecified atom stereocenters. The van der Waals surface area contributed by atoms with Gasteiger partial charge in [0.25, 0.3) is 0 Å². The second-order valence-electron chi connectivity index (χ2n) is 8.70. The predicted molar refractivity (Wildman–Crippen MR) is 132 cm³/mol. The lowest BCUT2D eigenvalue weighted by Gasteiger charge is -2.38. The largest absolute Gasteiger partial charge is 0.378 e. The van der Waals surface area contributed by atoms with Gasteiger partial charge in [-0.25, -0.2) is 13.1 Å². The fourth-order valence-corrected chi connectivity index (χ4v) is 5.27. The fraction of sp³-hybridized carbons (Fsp3) is 0.360. The molecule has 1 fully saturated rings. The van der Waals surface area contributed by atoms with Gasteiger partial charge in [0.05, 0.1) is 4.90 Å². The van der Waals surface area contributed by atoms with Gasteiger partial charge in [-0.1, -0.05) is 42.5 Å². The van der Waals surface area contributed by atoms with E-state index < -0.39 is 10.0 Å². The summed E-state index contributed by atoms with van der Waals surface area (Å²) in [5, 5.41) is 1.95. The smallest absolute Gasteiger partial charge is 0.240 e. The van der Waals surface area contributed by atoms with Crippen LogP contribution in [0.5, 0.6) is 0 Å². The summed E-state index contributed by atoms with van der Waals surface area (Å²) in [6, 6.07) is 21.5. The molecule has 4 rings (SSSR count). The monoisotopic (exact) mass is 452 g/mol. The Kier molecular flexibility index (Phi) is 6.81. The molecule has 1 aliphatic heterocycles. The molecule has 1 atom stereocenters. The molecule has 1 N–H and O–H groups in total. The highest BCUT2D eigenvalue weighted by Crippen LogP contribution is 2.25. The van der Waals surface area contributed by atoms with E-state index in [-0.39, 0.29) is 6.04 Å². The van der Waals surface area contributed by atoms with Crippen LogP contribution in [0.3, 0.4) is 0 Å². The van der Waals surface area contributed by atoms with Gasteiger partial charge in [-0.3, -0.25) is 4.90 Å². The maximum absolute atomic E-state index is 13.1. The zero-order chi connectivity index (χ0) is 22.7. The first-order chi connectivity index (χ1) is 15.3. The van der Waals surface area contributed by atoms with Crippen LogP contribution in [-0.4, -0.2) is 72.1 Å². The molecule has 0 radical (unpaired) electrons. The van der Waals surface area contributed by atoms with E-state index >= 15 is 0 Å². The maximum Gasteiger partial charge on any atom is 0.240 e. The molecule has 7 heteroatoms. The molecule has 6 nitrogen and oxygen atoms in total. The average Bonchev–Trinajstić information content (AvgIpc) is 2.80. The van der Waals surface area contributed by atoms with Crippen molar-refractivity contribution in [1.82, 2.24) is 14.5 Å². The molecule has 32 heavy (non-hydrogen) atoms. The normalized spacial score (nSPS) is 16.8. The highest BCUT2D eigenvalue weighted by Gasteiger charge is 2.26. The molecule has 0 aliphatic carbocycles. The van der Waals surface area contributed by atoms with Crippen molar-refractivity contribution >= 4 is 26.5 Å². The first-order valence-electron chi connectivity index (χ1n) is 11.0. The van der Waals surface area contributed by atoms with E-state index in [0.29, 0.717) is 11.4 Å². The van der Waals surface area contributed by atoms with Crippen molar-refractivity contribution in [1.29, 1.82) is 0 Å². The third kappa shape index (κ3) is 5.13. The summed E-state index contributed by atoms with van der Waals surface area (Å²) in [7, 11) is 2.54. The topological polar surface area (TPSA) is 55.9 Å². The molecule has 0 bridgehead atoms. The average molecular weight is 453 g/mol. The molecular weight excluding hydrogens is 420 g/mol. The third-order valence-corrected chi connectivity index (χ3v) is 7.69. The molecule has 3 aromatic carbocycles. The minimum absolute atomic E-state index is 0.0184. The molecule has 1 aliphatic rings. The van der Waals surface area contributed by atoms with Crippen LogP contribution in [-0.2, 0) is 10.0 Å². The lowest BCUT2D eigenvalue weighted by Crippen LogP contribution is -2.48. The number of fused-ring (bicyclic) bond motifs is 1. The van der Waals surface area contributed by atoms with Crippen LogP contribution in [0.1, 0.15) is 11.6 Å². The molecule has 1 heterocycles. The summed E-state index contributed by atoms with van der Waals surface area (Å²) in [5.74, 6) is 0. The van der Waals surface area contributed by atoms with Crippen LogP contribution in [0.4, 0.5) is 5.69 Å². The van der Waals surface area contributed by atoms with E-state index in [1.165, 1.54) is 0 Å². The number of rotatable bonds is 7. The summed E-state index contributed by atoms with van der Waals surface area (Å²) in [5.41, 5.74) is 2.25. The number of nitrogens with one attached hydrogen (secondary N) is 1. The Labute approximate surface area is 191 Å². The summed E-state index contributed by atoms with van der Waals surface area (Å²) < 4.78 is 29.2. The Hall–Kier alpha value is -2.45. The van der Waals surface area contributed by atoms with E-state index in [2.05, 4.69) is 50.7 Å². The van der Waals surface area contributed by atoms with Crippen LogP contribution < -0.4 is 9.62 Å². The molecule has 0 aromatic heterocycles. The van der Waals surface area contributed by atoms with Crippen molar-refractivity contribution in [2.75, 3.05) is 58.8 Å². The van der Waals surface area contributed by atoms with Gasteiger partial charge in [-0.2, -0.15) is 0 Å². The van der Waals surface area contributed by atoms with Gasteiger partial charge in [-0.05, 0) is 47.6 Å². The highest BCUT2D eigenvalue weighted by atomic mass is 32.2. The van der Waals surface area contributed by atoms with Crippen molar-refractivity contribution in [2.45, 2.75) is 10.9 Å². The van der Waals surface area contributed by atoms with Crippen LogP contribution in [0.2, 0.25) is 0 Å². The Morgan fingerprint density at radius 2 is 1.56 bits per heavy atom. The third-order valence-electron chi connectivity index (χ3n) is 6.27. The zero-order valence-corrected chi connectivity index (χ0v) is 19.8. The van der Waals surface area contributed by atoms with Gasteiger partial charge < -0.3 is 9.80 Å². The van der Waals surface area contributed by atoms with Crippen molar-refractivity contribution < 1.29 is 8.42 Å². The van der Waals surface area contributed by atoms with Gasteiger partial charge in [0.2, 0.25) is 10.0 Å². The second-order valence-corrected chi connectivity index (χ2v) is 10.5. The number of likely N-dealkylation sites (N-methyl/N-ethyl adjacent to an activating group) is 1.